The summed E-state index contributed by atoms with van der Waals surface area (Å²) in [6.07, 6.45) is 8.04. The number of nitrogens with zero attached hydrogens (tertiary/aromatic N) is 1. The predicted molar refractivity (Wildman–Crippen MR) is 86.9 cm³/mol. The van der Waals surface area contributed by atoms with Gasteiger partial charge in [-0.1, -0.05) is 37.3 Å². The number of nitrogens with two attached hydrogens (primary N) is 1. The lowest BCUT2D eigenvalue weighted by Gasteiger charge is -2.21. The summed E-state index contributed by atoms with van der Waals surface area (Å²) in [5.74, 6) is 0.526. The van der Waals surface area contributed by atoms with E-state index in [-0.39, 0.29) is 17.6 Å². The van der Waals surface area contributed by atoms with E-state index in [0.717, 1.165) is 6.42 Å². The van der Waals surface area contributed by atoms with Crippen LogP contribution in [0.25, 0.3) is 0 Å². The Kier molecular flexibility index (Phi) is 6.43. The molecule has 4 N–H and O–H groups in total. The Balaban J connectivity index is 1.63. The van der Waals surface area contributed by atoms with Crippen LogP contribution in [0.3, 0.4) is 0 Å². The number of hydrogen-bond acceptors (Lipinski definition) is 5. The van der Waals surface area contributed by atoms with E-state index < -0.39 is 5.91 Å². The molecule has 1 aliphatic carbocycles. The average Bonchev–Trinajstić information content (AvgIpc) is 3.01. The molecular formula is C16H26N4O3. The first-order valence-electron chi connectivity index (χ1n) is 8.34. The topological polar surface area (TPSA) is 110 Å². The molecule has 1 atom stereocenters. The molecule has 7 heteroatoms. The van der Waals surface area contributed by atoms with Gasteiger partial charge in [0.05, 0.1) is 0 Å². The maximum absolute atomic E-state index is 12.0. The van der Waals surface area contributed by atoms with Crippen LogP contribution >= 0.6 is 0 Å². The first-order valence-corrected chi connectivity index (χ1v) is 8.34. The van der Waals surface area contributed by atoms with E-state index >= 15 is 0 Å². The third-order valence-electron chi connectivity index (χ3n) is 4.26. The van der Waals surface area contributed by atoms with Gasteiger partial charge in [0.15, 0.2) is 5.69 Å². The number of hydrogen-bond donors (Lipinski definition) is 3. The van der Waals surface area contributed by atoms with Gasteiger partial charge < -0.3 is 20.9 Å². The van der Waals surface area contributed by atoms with Crippen molar-refractivity contribution in [3.05, 3.63) is 11.8 Å². The molecule has 1 aliphatic rings. The molecule has 1 heterocycles. The van der Waals surface area contributed by atoms with Crippen LogP contribution in [0.15, 0.2) is 10.6 Å². The number of primary amides is 1. The van der Waals surface area contributed by atoms with Crippen molar-refractivity contribution in [3.8, 4) is 0 Å². The van der Waals surface area contributed by atoms with Gasteiger partial charge in [-0.15, -0.1) is 0 Å². The van der Waals surface area contributed by atoms with Gasteiger partial charge in [-0.25, -0.2) is 0 Å². The summed E-state index contributed by atoms with van der Waals surface area (Å²) in [6, 6.07) is 1.40. The molecule has 128 valence electrons. The fourth-order valence-corrected chi connectivity index (χ4v) is 2.94. The number of rotatable bonds is 8. The number of carbonyl (C=O) groups is 2. The van der Waals surface area contributed by atoms with Crippen LogP contribution in [0.1, 0.15) is 62.4 Å². The molecule has 0 unspecified atom stereocenters. The van der Waals surface area contributed by atoms with E-state index in [4.69, 9.17) is 10.3 Å². The van der Waals surface area contributed by atoms with Crippen LogP contribution in [-0.4, -0.2) is 29.6 Å². The van der Waals surface area contributed by atoms with E-state index in [0.29, 0.717) is 24.8 Å². The highest BCUT2D eigenvalue weighted by molar-refractivity contribution is 5.91. The zero-order valence-corrected chi connectivity index (χ0v) is 13.6. The SMILES string of the molecule is C[C@@H](CNc1cc(C(N)=O)no1)NC(=O)CCC1CCCCC1. The molecule has 1 aromatic heterocycles. The van der Waals surface area contributed by atoms with Gasteiger partial charge >= 0.3 is 0 Å². The highest BCUT2D eigenvalue weighted by Crippen LogP contribution is 2.27. The Morgan fingerprint density at radius 1 is 1.39 bits per heavy atom. The van der Waals surface area contributed by atoms with Crippen molar-refractivity contribution in [2.45, 2.75) is 57.9 Å². The average molecular weight is 322 g/mol. The van der Waals surface area contributed by atoms with Gasteiger partial charge in [0, 0.05) is 25.1 Å². The summed E-state index contributed by atoms with van der Waals surface area (Å²) in [5, 5.41) is 9.48. The minimum absolute atomic E-state index is 0.0454. The zero-order valence-electron chi connectivity index (χ0n) is 13.6. The van der Waals surface area contributed by atoms with E-state index in [1.165, 1.54) is 38.2 Å². The van der Waals surface area contributed by atoms with Crippen molar-refractivity contribution < 1.29 is 14.1 Å². The lowest BCUT2D eigenvalue weighted by molar-refractivity contribution is -0.121. The summed E-state index contributed by atoms with van der Waals surface area (Å²) in [7, 11) is 0. The van der Waals surface area contributed by atoms with Crippen molar-refractivity contribution in [1.82, 2.24) is 10.5 Å². The van der Waals surface area contributed by atoms with Crippen LogP contribution in [-0.2, 0) is 4.79 Å². The number of anilines is 1. The van der Waals surface area contributed by atoms with Gasteiger partial charge in [-0.3, -0.25) is 9.59 Å². The Morgan fingerprint density at radius 3 is 2.78 bits per heavy atom. The minimum atomic E-state index is -0.633. The van der Waals surface area contributed by atoms with E-state index in [1.807, 2.05) is 6.92 Å². The molecule has 0 spiro atoms. The lowest BCUT2D eigenvalue weighted by Crippen LogP contribution is -2.37. The molecule has 0 aliphatic heterocycles. The van der Waals surface area contributed by atoms with Gasteiger partial charge in [-0.2, -0.15) is 0 Å². The summed E-state index contributed by atoms with van der Waals surface area (Å²) in [5.41, 5.74) is 5.18. The Bertz CT molecular complexity index is 523. The first-order chi connectivity index (χ1) is 11.0. The first kappa shape index (κ1) is 17.3. The highest BCUT2D eigenvalue weighted by atomic mass is 16.5. The molecule has 0 radical (unpaired) electrons. The summed E-state index contributed by atoms with van der Waals surface area (Å²) in [4.78, 5) is 22.9. The van der Waals surface area contributed by atoms with Crippen LogP contribution in [0.5, 0.6) is 0 Å². The van der Waals surface area contributed by atoms with Crippen LogP contribution in [0, 0.1) is 5.92 Å². The largest absolute Gasteiger partial charge is 0.364 e. The van der Waals surface area contributed by atoms with E-state index in [9.17, 15) is 9.59 Å². The summed E-state index contributed by atoms with van der Waals surface area (Å²) >= 11 is 0. The van der Waals surface area contributed by atoms with Gasteiger partial charge in [-0.05, 0) is 19.3 Å². The molecule has 23 heavy (non-hydrogen) atoms. The van der Waals surface area contributed by atoms with Crippen molar-refractivity contribution in [1.29, 1.82) is 0 Å². The number of aromatic nitrogens is 1. The molecule has 0 saturated heterocycles. The smallest absolute Gasteiger partial charge is 0.270 e. The monoisotopic (exact) mass is 322 g/mol. The second kappa shape index (κ2) is 8.55. The lowest BCUT2D eigenvalue weighted by atomic mass is 9.86. The number of nitrogens with one attached hydrogen (secondary N) is 2. The van der Waals surface area contributed by atoms with Gasteiger partial charge in [0.2, 0.25) is 11.8 Å². The van der Waals surface area contributed by atoms with Crippen molar-refractivity contribution in [2.24, 2.45) is 11.7 Å². The van der Waals surface area contributed by atoms with Gasteiger partial charge in [0.25, 0.3) is 5.91 Å². The van der Waals surface area contributed by atoms with Crippen molar-refractivity contribution in [3.63, 3.8) is 0 Å². The molecule has 0 bridgehead atoms. The zero-order chi connectivity index (χ0) is 16.7. The Labute approximate surface area is 136 Å². The molecular weight excluding hydrogens is 296 g/mol. The second-order valence-corrected chi connectivity index (χ2v) is 6.33. The summed E-state index contributed by atoms with van der Waals surface area (Å²) in [6.45, 7) is 2.40. The van der Waals surface area contributed by atoms with E-state index in [1.54, 1.807) is 0 Å². The minimum Gasteiger partial charge on any atom is -0.364 e. The fourth-order valence-electron chi connectivity index (χ4n) is 2.94. The molecule has 2 rings (SSSR count). The fraction of sp³-hybridized carbons (Fsp3) is 0.688. The Morgan fingerprint density at radius 2 is 2.13 bits per heavy atom. The maximum Gasteiger partial charge on any atom is 0.270 e. The number of amides is 2. The third-order valence-corrected chi connectivity index (χ3v) is 4.26. The van der Waals surface area contributed by atoms with E-state index in [2.05, 4.69) is 15.8 Å². The molecule has 0 aromatic carbocycles. The Hall–Kier alpha value is -2.05. The molecule has 7 nitrogen and oxygen atoms in total. The van der Waals surface area contributed by atoms with Crippen LogP contribution in [0.4, 0.5) is 5.88 Å². The number of carbonyl (C=O) groups excluding carboxylic acids is 2. The molecule has 1 saturated carbocycles. The highest BCUT2D eigenvalue weighted by Gasteiger charge is 2.16. The van der Waals surface area contributed by atoms with Crippen LogP contribution < -0.4 is 16.4 Å². The standard InChI is InChI=1S/C16H26N4O3/c1-11(10-18-15-9-13(16(17)22)20-23-15)19-14(21)8-7-12-5-3-2-4-6-12/h9,11-12,18H,2-8,10H2,1H3,(H2,17,22)(H,19,21)/t11-/m0/s1. The van der Waals surface area contributed by atoms with Gasteiger partial charge in [0.1, 0.15) is 0 Å². The molecule has 2 amide bonds. The molecule has 1 aromatic rings. The van der Waals surface area contributed by atoms with Crippen molar-refractivity contribution in [2.75, 3.05) is 11.9 Å². The molecule has 1 fully saturated rings. The second-order valence-electron chi connectivity index (χ2n) is 6.33. The third kappa shape index (κ3) is 5.92. The predicted octanol–water partition coefficient (Wildman–Crippen LogP) is 2.05. The maximum atomic E-state index is 12.0. The van der Waals surface area contributed by atoms with Crippen LogP contribution in [0.2, 0.25) is 0 Å². The quantitative estimate of drug-likeness (QED) is 0.678. The van der Waals surface area contributed by atoms with Crippen molar-refractivity contribution >= 4 is 17.7 Å². The summed E-state index contributed by atoms with van der Waals surface area (Å²) < 4.78 is 4.93. The normalized spacial score (nSPS) is 16.7.